The van der Waals surface area contributed by atoms with Gasteiger partial charge in [-0.1, -0.05) is 31.5 Å². The first-order chi connectivity index (χ1) is 7.70. The Morgan fingerprint density at radius 1 is 1.31 bits per heavy atom. The van der Waals surface area contributed by atoms with Gasteiger partial charge in [-0.3, -0.25) is 0 Å². The maximum Gasteiger partial charge on any atom is 0.0399 e. The van der Waals surface area contributed by atoms with Crippen molar-refractivity contribution in [3.8, 4) is 0 Å². The number of para-hydroxylation sites is 1. The minimum atomic E-state index is 0.587. The number of rotatable bonds is 6. The fraction of sp³-hybridized carbons (Fsp3) is 0.571. The van der Waals surface area contributed by atoms with Crippen LogP contribution >= 0.6 is 0 Å². The van der Waals surface area contributed by atoms with Gasteiger partial charge in [-0.05, 0) is 37.9 Å². The molecule has 0 spiro atoms. The number of hydrogen-bond acceptors (Lipinski definition) is 2. The zero-order chi connectivity index (χ0) is 12.0. The molecule has 0 aliphatic carbocycles. The van der Waals surface area contributed by atoms with E-state index in [1.165, 1.54) is 24.1 Å². The van der Waals surface area contributed by atoms with E-state index in [1.54, 1.807) is 0 Å². The summed E-state index contributed by atoms with van der Waals surface area (Å²) in [5.74, 6) is 0. The molecule has 0 amide bonds. The van der Waals surface area contributed by atoms with E-state index in [-0.39, 0.29) is 0 Å². The van der Waals surface area contributed by atoms with E-state index >= 15 is 0 Å². The van der Waals surface area contributed by atoms with Crippen LogP contribution in [-0.4, -0.2) is 19.6 Å². The van der Waals surface area contributed by atoms with Crippen molar-refractivity contribution >= 4 is 5.69 Å². The molecule has 1 unspecified atom stereocenters. The molecule has 0 aliphatic rings. The van der Waals surface area contributed by atoms with Crippen LogP contribution in [0, 0.1) is 0 Å². The first-order valence-electron chi connectivity index (χ1n) is 6.21. The van der Waals surface area contributed by atoms with Gasteiger partial charge >= 0.3 is 0 Å². The van der Waals surface area contributed by atoms with E-state index in [9.17, 15) is 0 Å². The summed E-state index contributed by atoms with van der Waals surface area (Å²) in [7, 11) is 2.18. The molecular weight excluding hydrogens is 196 g/mol. The van der Waals surface area contributed by atoms with Gasteiger partial charge in [0.15, 0.2) is 0 Å². The van der Waals surface area contributed by atoms with E-state index in [0.29, 0.717) is 12.6 Å². The van der Waals surface area contributed by atoms with Crippen LogP contribution in [-0.2, 0) is 6.42 Å². The lowest BCUT2D eigenvalue weighted by Gasteiger charge is -2.29. The molecule has 0 aliphatic heterocycles. The van der Waals surface area contributed by atoms with Crippen LogP contribution in [0.3, 0.4) is 0 Å². The largest absolute Gasteiger partial charge is 0.372 e. The predicted molar refractivity (Wildman–Crippen MR) is 72.0 cm³/mol. The third-order valence-corrected chi connectivity index (χ3v) is 3.15. The molecule has 0 saturated heterocycles. The molecule has 90 valence electrons. The van der Waals surface area contributed by atoms with Gasteiger partial charge in [0.25, 0.3) is 0 Å². The van der Waals surface area contributed by atoms with Crippen LogP contribution in [0.2, 0.25) is 0 Å². The number of hydrogen-bond donors (Lipinski definition) is 1. The minimum Gasteiger partial charge on any atom is -0.372 e. The maximum atomic E-state index is 5.65. The highest BCUT2D eigenvalue weighted by Crippen LogP contribution is 2.22. The highest BCUT2D eigenvalue weighted by atomic mass is 15.1. The molecule has 0 heterocycles. The van der Waals surface area contributed by atoms with Gasteiger partial charge in [0, 0.05) is 18.8 Å². The van der Waals surface area contributed by atoms with Crippen LogP contribution in [0.1, 0.15) is 32.3 Å². The minimum absolute atomic E-state index is 0.587. The molecule has 2 N–H and O–H groups in total. The van der Waals surface area contributed by atoms with Gasteiger partial charge in [0.2, 0.25) is 0 Å². The molecule has 0 aromatic heterocycles. The van der Waals surface area contributed by atoms with Crippen molar-refractivity contribution < 1.29 is 0 Å². The fourth-order valence-electron chi connectivity index (χ4n) is 2.07. The Bertz CT molecular complexity index is 309. The molecule has 2 nitrogen and oxygen atoms in total. The van der Waals surface area contributed by atoms with Gasteiger partial charge in [0.05, 0.1) is 0 Å². The average molecular weight is 220 g/mol. The number of benzene rings is 1. The van der Waals surface area contributed by atoms with Crippen molar-refractivity contribution in [2.24, 2.45) is 5.73 Å². The quantitative estimate of drug-likeness (QED) is 0.798. The molecule has 0 saturated carbocycles. The highest BCUT2D eigenvalue weighted by Gasteiger charge is 2.11. The Morgan fingerprint density at radius 3 is 2.62 bits per heavy atom. The molecule has 1 aromatic carbocycles. The zero-order valence-corrected chi connectivity index (χ0v) is 10.7. The molecule has 0 radical (unpaired) electrons. The normalized spacial score (nSPS) is 12.5. The fourth-order valence-corrected chi connectivity index (χ4v) is 2.07. The monoisotopic (exact) mass is 220 g/mol. The topological polar surface area (TPSA) is 29.3 Å². The van der Waals surface area contributed by atoms with Gasteiger partial charge in [-0.15, -0.1) is 0 Å². The smallest absolute Gasteiger partial charge is 0.0399 e. The zero-order valence-electron chi connectivity index (χ0n) is 10.7. The van der Waals surface area contributed by atoms with Crippen molar-refractivity contribution in [1.29, 1.82) is 0 Å². The summed E-state index contributed by atoms with van der Waals surface area (Å²) in [5.41, 5.74) is 8.33. The van der Waals surface area contributed by atoms with Crippen molar-refractivity contribution in [1.82, 2.24) is 0 Å². The van der Waals surface area contributed by atoms with Crippen molar-refractivity contribution in [2.75, 3.05) is 18.5 Å². The second kappa shape index (κ2) is 6.54. The Kier molecular flexibility index (Phi) is 5.33. The van der Waals surface area contributed by atoms with Crippen LogP contribution in [0.15, 0.2) is 24.3 Å². The molecule has 1 atom stereocenters. The standard InChI is InChI=1S/C14H24N2/c1-4-7-12(2)16(3)14-9-6-5-8-13(14)10-11-15/h5-6,8-9,12H,4,7,10-11,15H2,1-3H3. The summed E-state index contributed by atoms with van der Waals surface area (Å²) in [6, 6.07) is 9.15. The summed E-state index contributed by atoms with van der Waals surface area (Å²) < 4.78 is 0. The third kappa shape index (κ3) is 3.24. The van der Waals surface area contributed by atoms with Crippen LogP contribution < -0.4 is 10.6 Å². The summed E-state index contributed by atoms with van der Waals surface area (Å²) >= 11 is 0. The molecule has 1 aromatic rings. The van der Waals surface area contributed by atoms with E-state index in [4.69, 9.17) is 5.73 Å². The predicted octanol–water partition coefficient (Wildman–Crippen LogP) is 2.81. The molecule has 2 heteroatoms. The summed E-state index contributed by atoms with van der Waals surface area (Å²) in [5, 5.41) is 0. The Balaban J connectivity index is 2.84. The van der Waals surface area contributed by atoms with Gasteiger partial charge in [-0.25, -0.2) is 0 Å². The van der Waals surface area contributed by atoms with E-state index < -0.39 is 0 Å². The average Bonchev–Trinajstić information content (AvgIpc) is 2.29. The van der Waals surface area contributed by atoms with E-state index in [1.807, 2.05) is 0 Å². The summed E-state index contributed by atoms with van der Waals surface area (Å²) in [6.07, 6.45) is 3.41. The summed E-state index contributed by atoms with van der Waals surface area (Å²) in [4.78, 5) is 2.37. The van der Waals surface area contributed by atoms with Crippen LogP contribution in [0.4, 0.5) is 5.69 Å². The molecule has 0 fully saturated rings. The van der Waals surface area contributed by atoms with E-state index in [0.717, 1.165) is 6.42 Å². The molecular formula is C14H24N2. The van der Waals surface area contributed by atoms with Gasteiger partial charge in [0.1, 0.15) is 0 Å². The second-order valence-electron chi connectivity index (χ2n) is 4.42. The molecule has 16 heavy (non-hydrogen) atoms. The van der Waals surface area contributed by atoms with E-state index in [2.05, 4.69) is 50.1 Å². The second-order valence-corrected chi connectivity index (χ2v) is 4.42. The molecule has 0 bridgehead atoms. The van der Waals surface area contributed by atoms with Crippen molar-refractivity contribution in [2.45, 2.75) is 39.2 Å². The number of anilines is 1. The van der Waals surface area contributed by atoms with Crippen LogP contribution in [0.5, 0.6) is 0 Å². The first kappa shape index (κ1) is 13.0. The Hall–Kier alpha value is -1.02. The number of nitrogens with two attached hydrogens (primary N) is 1. The SMILES string of the molecule is CCCC(C)N(C)c1ccccc1CCN. The molecule has 1 rings (SSSR count). The highest BCUT2D eigenvalue weighted by molar-refractivity contribution is 5.53. The number of nitrogens with zero attached hydrogens (tertiary/aromatic N) is 1. The van der Waals surface area contributed by atoms with Crippen LogP contribution in [0.25, 0.3) is 0 Å². The van der Waals surface area contributed by atoms with Crippen molar-refractivity contribution in [3.05, 3.63) is 29.8 Å². The lowest BCUT2D eigenvalue weighted by Crippen LogP contribution is -2.29. The Labute approximate surface area is 99.5 Å². The van der Waals surface area contributed by atoms with Gasteiger partial charge < -0.3 is 10.6 Å². The van der Waals surface area contributed by atoms with Gasteiger partial charge in [-0.2, -0.15) is 0 Å². The first-order valence-corrected chi connectivity index (χ1v) is 6.21. The third-order valence-electron chi connectivity index (χ3n) is 3.15. The Morgan fingerprint density at radius 2 is 2.00 bits per heavy atom. The maximum absolute atomic E-state index is 5.65. The summed E-state index contributed by atoms with van der Waals surface area (Å²) in [6.45, 7) is 5.23. The lowest BCUT2D eigenvalue weighted by molar-refractivity contribution is 0.614. The van der Waals surface area contributed by atoms with Crippen molar-refractivity contribution in [3.63, 3.8) is 0 Å². The lowest BCUT2D eigenvalue weighted by atomic mass is 10.1.